The van der Waals surface area contributed by atoms with Crippen LogP contribution in [0, 0.1) is 11.7 Å². The van der Waals surface area contributed by atoms with Crippen LogP contribution < -0.4 is 0 Å². The van der Waals surface area contributed by atoms with Gasteiger partial charge in [0.1, 0.15) is 54.6 Å². The fraction of sp³-hybridized carbons (Fsp3) is 0.769. The zero-order valence-corrected chi connectivity index (χ0v) is 21.2. The highest BCUT2D eigenvalue weighted by atomic mass is 19.1. The van der Waals surface area contributed by atoms with Crippen LogP contribution >= 0.6 is 0 Å². The molecule has 4 aliphatic rings. The van der Waals surface area contributed by atoms with E-state index in [9.17, 15) is 40.1 Å². The number of ether oxygens (including phenoxy) is 5. The van der Waals surface area contributed by atoms with Gasteiger partial charge in [-0.1, -0.05) is 18.6 Å². The smallest absolute Gasteiger partial charge is 0.187 e. The van der Waals surface area contributed by atoms with E-state index in [0.717, 1.165) is 19.3 Å². The highest BCUT2D eigenvalue weighted by Crippen LogP contribution is 2.45. The Labute approximate surface area is 224 Å². The summed E-state index contributed by atoms with van der Waals surface area (Å²) < 4.78 is 43.1. The summed E-state index contributed by atoms with van der Waals surface area (Å²) in [7, 11) is 0. The first-order valence-electron chi connectivity index (χ1n) is 13.4. The molecule has 3 saturated heterocycles. The highest BCUT2D eigenvalue weighted by Gasteiger charge is 2.52. The van der Waals surface area contributed by atoms with E-state index in [2.05, 4.69) is 0 Å². The first-order chi connectivity index (χ1) is 18.7. The van der Waals surface area contributed by atoms with Crippen LogP contribution in [0.4, 0.5) is 4.39 Å². The Morgan fingerprint density at radius 1 is 0.795 bits per heavy atom. The second-order valence-electron chi connectivity index (χ2n) is 10.7. The van der Waals surface area contributed by atoms with E-state index in [1.807, 2.05) is 0 Å². The van der Waals surface area contributed by atoms with Crippen molar-refractivity contribution in [3.63, 3.8) is 0 Å². The molecule has 3 aliphatic heterocycles. The molecule has 1 saturated carbocycles. The first kappa shape index (κ1) is 29.2. The number of hydrogen-bond acceptors (Lipinski definition) is 12. The molecule has 1 aromatic carbocycles. The van der Waals surface area contributed by atoms with E-state index in [-0.39, 0.29) is 17.8 Å². The molecule has 1 aliphatic carbocycles. The Bertz CT molecular complexity index is 951. The van der Waals surface area contributed by atoms with Crippen molar-refractivity contribution in [2.24, 2.45) is 5.92 Å². The molecule has 0 unspecified atom stereocenters. The Balaban J connectivity index is 1.28. The molecule has 14 atom stereocenters. The highest BCUT2D eigenvalue weighted by molar-refractivity contribution is 5.20. The van der Waals surface area contributed by atoms with Crippen LogP contribution in [0.1, 0.15) is 37.4 Å². The third kappa shape index (κ3) is 5.87. The van der Waals surface area contributed by atoms with Gasteiger partial charge in [0, 0.05) is 12.3 Å². The summed E-state index contributed by atoms with van der Waals surface area (Å²) in [6.45, 7) is -1.34. The largest absolute Gasteiger partial charge is 0.394 e. The van der Waals surface area contributed by atoms with Crippen molar-refractivity contribution >= 4 is 0 Å². The minimum atomic E-state index is -1.75. The van der Waals surface area contributed by atoms with Gasteiger partial charge in [0.25, 0.3) is 0 Å². The van der Waals surface area contributed by atoms with E-state index < -0.39 is 86.8 Å². The molecule has 39 heavy (non-hydrogen) atoms. The Kier molecular flexibility index (Phi) is 9.18. The molecule has 5 rings (SSSR count). The van der Waals surface area contributed by atoms with E-state index in [1.165, 1.54) is 12.1 Å². The zero-order valence-electron chi connectivity index (χ0n) is 21.2. The summed E-state index contributed by atoms with van der Waals surface area (Å²) in [4.78, 5) is 0. The molecule has 0 amide bonds. The maximum atomic E-state index is 13.9. The molecule has 4 fully saturated rings. The van der Waals surface area contributed by atoms with Gasteiger partial charge in [-0.2, -0.15) is 0 Å². The van der Waals surface area contributed by atoms with Crippen molar-refractivity contribution in [1.29, 1.82) is 0 Å². The summed E-state index contributed by atoms with van der Waals surface area (Å²) in [6, 6.07) is 6.15. The average Bonchev–Trinajstić information content (AvgIpc) is 3.42. The number of halogens is 1. The Morgan fingerprint density at radius 3 is 2.21 bits per heavy atom. The Morgan fingerprint density at radius 2 is 1.49 bits per heavy atom. The minimum Gasteiger partial charge on any atom is -0.394 e. The quantitative estimate of drug-likeness (QED) is 0.204. The monoisotopic (exact) mass is 560 g/mol. The molecule has 0 spiro atoms. The lowest BCUT2D eigenvalue weighted by Gasteiger charge is -2.47. The summed E-state index contributed by atoms with van der Waals surface area (Å²) in [5.41, 5.74) is 0.667. The number of rotatable bonds is 7. The lowest BCUT2D eigenvalue weighted by molar-refractivity contribution is -0.366. The van der Waals surface area contributed by atoms with Gasteiger partial charge in [0.2, 0.25) is 0 Å². The lowest BCUT2D eigenvalue weighted by atomic mass is 9.88. The van der Waals surface area contributed by atoms with Gasteiger partial charge >= 0.3 is 0 Å². The van der Waals surface area contributed by atoms with Gasteiger partial charge in [-0.3, -0.25) is 0 Å². The molecule has 1 aromatic rings. The van der Waals surface area contributed by atoms with Gasteiger partial charge in [-0.15, -0.1) is 0 Å². The third-order valence-electron chi connectivity index (χ3n) is 8.26. The molecule has 0 radical (unpaired) electrons. The Hall–Kier alpha value is -1.33. The van der Waals surface area contributed by atoms with E-state index in [4.69, 9.17) is 23.7 Å². The standard InChI is InChI=1S/C26H37FO12/c27-12-4-1-3-11(7-12)15-8-16(13-5-2-6-14(13)35-15)36-25-23(34)21(32)24(18(10-29)38-25)39-26-22(33)20(31)19(30)17(9-28)37-26/h1,3-4,7,13-26,28-34H,2,5-6,8-10H2/t13-,14-,15-,16-,17+,18+,19+,20-,21+,22+,23+,24+,25+,26+/m0/s1. The maximum Gasteiger partial charge on any atom is 0.187 e. The lowest BCUT2D eigenvalue weighted by Crippen LogP contribution is -2.65. The van der Waals surface area contributed by atoms with E-state index in [1.54, 1.807) is 12.1 Å². The van der Waals surface area contributed by atoms with Crippen molar-refractivity contribution in [2.45, 2.75) is 105 Å². The van der Waals surface area contributed by atoms with Crippen LogP contribution in [0.25, 0.3) is 0 Å². The number of hydrogen-bond donors (Lipinski definition) is 7. The topological polar surface area (TPSA) is 188 Å². The van der Waals surface area contributed by atoms with Crippen LogP contribution in [0.3, 0.4) is 0 Å². The summed E-state index contributed by atoms with van der Waals surface area (Å²) in [5, 5.41) is 71.6. The number of benzene rings is 1. The second kappa shape index (κ2) is 12.3. The van der Waals surface area contributed by atoms with Gasteiger partial charge < -0.3 is 59.4 Å². The molecular weight excluding hydrogens is 523 g/mol. The van der Waals surface area contributed by atoms with Crippen molar-refractivity contribution < 1.29 is 63.8 Å². The van der Waals surface area contributed by atoms with Gasteiger partial charge in [0.15, 0.2) is 12.6 Å². The zero-order chi connectivity index (χ0) is 27.8. The molecule has 0 aromatic heterocycles. The van der Waals surface area contributed by atoms with Gasteiger partial charge in [-0.25, -0.2) is 4.39 Å². The van der Waals surface area contributed by atoms with Crippen molar-refractivity contribution in [3.05, 3.63) is 35.6 Å². The summed E-state index contributed by atoms with van der Waals surface area (Å²) >= 11 is 0. The van der Waals surface area contributed by atoms with E-state index in [0.29, 0.717) is 12.0 Å². The predicted molar refractivity (Wildman–Crippen MR) is 127 cm³/mol. The SMILES string of the molecule is OC[C@H]1O[C@H](O[C@H]2[C@H](O)[C@@H](O)[C@H](O[C@H]3C[C@@H](c4cccc(F)c4)O[C@H]4CCC[C@H]34)O[C@@H]2CO)[C@H](O)[C@@H](O)[C@@H]1O. The minimum absolute atomic E-state index is 0.00146. The molecule has 220 valence electrons. The second-order valence-corrected chi connectivity index (χ2v) is 10.7. The van der Waals surface area contributed by atoms with Crippen LogP contribution in [0.5, 0.6) is 0 Å². The molecule has 0 bridgehead atoms. The third-order valence-corrected chi connectivity index (χ3v) is 8.26. The number of aliphatic hydroxyl groups is 7. The number of aliphatic hydroxyl groups excluding tert-OH is 7. The van der Waals surface area contributed by atoms with Crippen molar-refractivity contribution in [1.82, 2.24) is 0 Å². The fourth-order valence-electron chi connectivity index (χ4n) is 6.12. The number of fused-ring (bicyclic) bond motifs is 1. The average molecular weight is 561 g/mol. The van der Waals surface area contributed by atoms with Gasteiger partial charge in [-0.05, 0) is 30.5 Å². The van der Waals surface area contributed by atoms with E-state index >= 15 is 0 Å². The van der Waals surface area contributed by atoms with Crippen LogP contribution in [-0.2, 0) is 23.7 Å². The fourth-order valence-corrected chi connectivity index (χ4v) is 6.12. The van der Waals surface area contributed by atoms with Crippen molar-refractivity contribution in [2.75, 3.05) is 13.2 Å². The molecule has 12 nitrogen and oxygen atoms in total. The maximum absolute atomic E-state index is 13.9. The molecule has 13 heteroatoms. The first-order valence-corrected chi connectivity index (χ1v) is 13.4. The molecule has 3 heterocycles. The molecular formula is C26H37FO12. The van der Waals surface area contributed by atoms with Gasteiger partial charge in [0.05, 0.1) is 31.5 Å². The van der Waals surface area contributed by atoms with Crippen LogP contribution in [-0.4, -0.2) is 123 Å². The summed E-state index contributed by atoms with van der Waals surface area (Å²) in [5.74, 6) is -0.383. The predicted octanol–water partition coefficient (Wildman–Crippen LogP) is -1.53. The molecule has 7 N–H and O–H groups in total. The van der Waals surface area contributed by atoms with Crippen LogP contribution in [0.15, 0.2) is 24.3 Å². The van der Waals surface area contributed by atoms with Crippen molar-refractivity contribution in [3.8, 4) is 0 Å². The summed E-state index contributed by atoms with van der Waals surface area (Å²) in [6.07, 6.45) is -13.3. The normalized spacial score (nSPS) is 46.7. The van der Waals surface area contributed by atoms with Crippen LogP contribution in [0.2, 0.25) is 0 Å².